The molecular formula is C8H8O6. The van der Waals surface area contributed by atoms with Gasteiger partial charge in [0.1, 0.15) is 0 Å². The van der Waals surface area contributed by atoms with Crippen LogP contribution in [0.15, 0.2) is 24.3 Å². The van der Waals surface area contributed by atoms with Crippen LogP contribution in [0.4, 0.5) is 0 Å². The van der Waals surface area contributed by atoms with Crippen molar-refractivity contribution >= 4 is 5.97 Å². The van der Waals surface area contributed by atoms with E-state index in [1.165, 1.54) is 24.3 Å². The summed E-state index contributed by atoms with van der Waals surface area (Å²) in [7, 11) is 0. The van der Waals surface area contributed by atoms with Crippen LogP contribution in [0, 0.1) is 0 Å². The lowest BCUT2D eigenvalue weighted by Crippen LogP contribution is -2.03. The molecule has 0 radical (unpaired) electrons. The van der Waals surface area contributed by atoms with E-state index in [1.54, 1.807) is 0 Å². The second-order valence-corrected chi connectivity index (χ2v) is 2.46. The van der Waals surface area contributed by atoms with Crippen LogP contribution in [-0.2, 0) is 9.78 Å². The van der Waals surface area contributed by atoms with E-state index >= 15 is 0 Å². The van der Waals surface area contributed by atoms with Crippen LogP contribution in [-0.4, -0.2) is 21.6 Å². The Kier molecular flexibility index (Phi) is 3.55. The molecule has 0 amide bonds. The smallest absolute Gasteiger partial charge is 0.362 e. The predicted octanol–water partition coefficient (Wildman–Crippen LogP) is 0.797. The summed E-state index contributed by atoms with van der Waals surface area (Å²) in [4.78, 5) is 17.9. The first-order valence-corrected chi connectivity index (χ1v) is 3.63. The second kappa shape index (κ2) is 4.68. The monoisotopic (exact) mass is 200 g/mol. The number of rotatable bonds is 3. The van der Waals surface area contributed by atoms with Crippen LogP contribution in [0.2, 0.25) is 0 Å². The standard InChI is InChI=1S/C8H8O6/c9-7(13-11)5-1-2-6(4-3-5)8(10)14-12/h1-4,7,9,11-12H. The summed E-state index contributed by atoms with van der Waals surface area (Å²) < 4.78 is 0. The van der Waals surface area contributed by atoms with E-state index in [4.69, 9.17) is 15.6 Å². The van der Waals surface area contributed by atoms with Gasteiger partial charge in [0.05, 0.1) is 5.56 Å². The number of hydrogen-bond acceptors (Lipinski definition) is 6. The lowest BCUT2D eigenvalue weighted by molar-refractivity contribution is -0.339. The molecule has 3 N–H and O–H groups in total. The highest BCUT2D eigenvalue weighted by Crippen LogP contribution is 2.14. The highest BCUT2D eigenvalue weighted by Gasteiger charge is 2.10. The lowest BCUT2D eigenvalue weighted by Gasteiger charge is -2.06. The van der Waals surface area contributed by atoms with Crippen molar-refractivity contribution < 1.29 is 30.2 Å². The molecule has 14 heavy (non-hydrogen) atoms. The van der Waals surface area contributed by atoms with Gasteiger partial charge < -0.3 is 5.11 Å². The molecule has 0 fully saturated rings. The molecule has 0 saturated carbocycles. The third kappa shape index (κ3) is 2.27. The fourth-order valence-electron chi connectivity index (χ4n) is 0.897. The Morgan fingerprint density at radius 2 is 1.79 bits per heavy atom. The van der Waals surface area contributed by atoms with Gasteiger partial charge in [-0.05, 0) is 12.1 Å². The molecule has 0 bridgehead atoms. The van der Waals surface area contributed by atoms with Gasteiger partial charge in [-0.1, -0.05) is 12.1 Å². The second-order valence-electron chi connectivity index (χ2n) is 2.46. The van der Waals surface area contributed by atoms with Crippen molar-refractivity contribution in [3.8, 4) is 0 Å². The van der Waals surface area contributed by atoms with Crippen LogP contribution in [0.25, 0.3) is 0 Å². The molecule has 0 aromatic heterocycles. The zero-order valence-electron chi connectivity index (χ0n) is 6.95. The maximum absolute atomic E-state index is 10.7. The maximum Gasteiger partial charge on any atom is 0.372 e. The third-order valence-corrected chi connectivity index (χ3v) is 1.61. The summed E-state index contributed by atoms with van der Waals surface area (Å²) in [6, 6.07) is 5.28. The average Bonchev–Trinajstić information content (AvgIpc) is 2.27. The van der Waals surface area contributed by atoms with E-state index in [0.29, 0.717) is 0 Å². The zero-order valence-corrected chi connectivity index (χ0v) is 6.95. The molecule has 1 unspecified atom stereocenters. The molecule has 1 aromatic carbocycles. The minimum absolute atomic E-state index is 0.112. The Bertz CT molecular complexity index is 306. The number of hydrogen-bond donors (Lipinski definition) is 3. The summed E-state index contributed by atoms with van der Waals surface area (Å²) in [5, 5.41) is 25.2. The van der Waals surface area contributed by atoms with Gasteiger partial charge in [-0.25, -0.2) is 14.9 Å². The van der Waals surface area contributed by atoms with Crippen LogP contribution < -0.4 is 0 Å². The first-order valence-electron chi connectivity index (χ1n) is 3.63. The quantitative estimate of drug-likeness (QED) is 0.379. The summed E-state index contributed by atoms with van der Waals surface area (Å²) in [5.74, 6) is -0.907. The van der Waals surface area contributed by atoms with Crippen LogP contribution in [0.1, 0.15) is 22.2 Å². The van der Waals surface area contributed by atoms with E-state index in [2.05, 4.69) is 9.78 Å². The molecular weight excluding hydrogens is 192 g/mol. The Morgan fingerprint density at radius 3 is 2.21 bits per heavy atom. The van der Waals surface area contributed by atoms with Crippen molar-refractivity contribution in [2.75, 3.05) is 0 Å². The van der Waals surface area contributed by atoms with Gasteiger partial charge in [0.15, 0.2) is 0 Å². The van der Waals surface area contributed by atoms with Gasteiger partial charge >= 0.3 is 5.97 Å². The molecule has 76 valence electrons. The van der Waals surface area contributed by atoms with Crippen molar-refractivity contribution in [3.63, 3.8) is 0 Å². The summed E-state index contributed by atoms with van der Waals surface area (Å²) in [5.41, 5.74) is 0.378. The normalized spacial score (nSPS) is 12.2. The largest absolute Gasteiger partial charge is 0.372 e. The van der Waals surface area contributed by atoms with E-state index in [1.807, 2.05) is 0 Å². The maximum atomic E-state index is 10.7. The first-order chi connectivity index (χ1) is 6.69. The summed E-state index contributed by atoms with van der Waals surface area (Å²) >= 11 is 0. The van der Waals surface area contributed by atoms with Crippen molar-refractivity contribution in [1.82, 2.24) is 0 Å². The van der Waals surface area contributed by atoms with Gasteiger partial charge in [-0.15, -0.1) is 0 Å². The number of carbonyl (C=O) groups is 1. The number of benzene rings is 1. The highest BCUT2D eigenvalue weighted by molar-refractivity contribution is 5.88. The van der Waals surface area contributed by atoms with Crippen LogP contribution in [0.3, 0.4) is 0 Å². The van der Waals surface area contributed by atoms with E-state index in [-0.39, 0.29) is 11.1 Å². The third-order valence-electron chi connectivity index (χ3n) is 1.61. The molecule has 6 nitrogen and oxygen atoms in total. The zero-order chi connectivity index (χ0) is 10.6. The fourth-order valence-corrected chi connectivity index (χ4v) is 0.897. The van der Waals surface area contributed by atoms with Crippen LogP contribution >= 0.6 is 0 Å². The Balaban J connectivity index is 2.83. The minimum atomic E-state index is -1.46. The lowest BCUT2D eigenvalue weighted by atomic mass is 10.1. The SMILES string of the molecule is O=C(OO)c1ccc(C(O)OO)cc1. The van der Waals surface area contributed by atoms with Gasteiger partial charge in [-0.2, -0.15) is 5.26 Å². The molecule has 0 heterocycles. The van der Waals surface area contributed by atoms with Gasteiger partial charge in [0.2, 0.25) is 6.29 Å². The fraction of sp³-hybridized carbons (Fsp3) is 0.125. The van der Waals surface area contributed by atoms with E-state index in [0.717, 1.165) is 0 Å². The predicted molar refractivity (Wildman–Crippen MR) is 43.2 cm³/mol. The molecule has 1 aromatic rings. The molecule has 0 spiro atoms. The van der Waals surface area contributed by atoms with Crippen molar-refractivity contribution in [1.29, 1.82) is 0 Å². The Hall–Kier alpha value is -1.47. The van der Waals surface area contributed by atoms with E-state index < -0.39 is 12.3 Å². The molecule has 0 aliphatic carbocycles. The number of aliphatic hydroxyl groups excluding tert-OH is 1. The van der Waals surface area contributed by atoms with Crippen molar-refractivity contribution in [2.45, 2.75) is 6.29 Å². The minimum Gasteiger partial charge on any atom is -0.362 e. The number of aliphatic hydroxyl groups is 1. The molecule has 0 aliphatic rings. The van der Waals surface area contributed by atoms with Gasteiger partial charge in [0.25, 0.3) is 0 Å². The van der Waals surface area contributed by atoms with Crippen molar-refractivity contribution in [3.05, 3.63) is 35.4 Å². The van der Waals surface area contributed by atoms with Gasteiger partial charge in [0, 0.05) is 5.56 Å². The number of carbonyl (C=O) groups excluding carboxylic acids is 1. The van der Waals surface area contributed by atoms with Crippen LogP contribution in [0.5, 0.6) is 0 Å². The highest BCUT2D eigenvalue weighted by atomic mass is 17.1. The Morgan fingerprint density at radius 1 is 1.21 bits per heavy atom. The van der Waals surface area contributed by atoms with E-state index in [9.17, 15) is 4.79 Å². The Labute approximate surface area is 78.8 Å². The average molecular weight is 200 g/mol. The van der Waals surface area contributed by atoms with Gasteiger partial charge in [-0.3, -0.25) is 4.89 Å². The molecule has 1 rings (SSSR count). The molecule has 0 aliphatic heterocycles. The summed E-state index contributed by atoms with van der Waals surface area (Å²) in [6.45, 7) is 0. The van der Waals surface area contributed by atoms with Crippen molar-refractivity contribution in [2.24, 2.45) is 0 Å². The molecule has 0 saturated heterocycles. The topological polar surface area (TPSA) is 96.2 Å². The molecule has 1 atom stereocenters. The summed E-state index contributed by atoms with van der Waals surface area (Å²) in [6.07, 6.45) is -1.46. The molecule has 6 heteroatoms. The first kappa shape index (κ1) is 10.6.